The number of nitrogens with two attached hydrogens (primary N) is 1. The van der Waals surface area contributed by atoms with Crippen molar-refractivity contribution in [2.45, 2.75) is 45.6 Å². The fourth-order valence-electron chi connectivity index (χ4n) is 2.62. The minimum atomic E-state index is -0.243. The van der Waals surface area contributed by atoms with Crippen molar-refractivity contribution in [1.82, 2.24) is 15.1 Å². The van der Waals surface area contributed by atoms with Crippen LogP contribution < -0.4 is 16.6 Å². The van der Waals surface area contributed by atoms with Crippen LogP contribution in [0.4, 0.5) is 0 Å². The molecule has 0 unspecified atom stereocenters. The Morgan fingerprint density at radius 2 is 1.88 bits per heavy atom. The number of unbranched alkanes of at least 4 members (excludes halogenated alkanes) is 3. The molecule has 138 valence electrons. The van der Waals surface area contributed by atoms with E-state index < -0.39 is 0 Å². The van der Waals surface area contributed by atoms with E-state index >= 15 is 0 Å². The Hall–Kier alpha value is -1.92. The lowest BCUT2D eigenvalue weighted by Crippen LogP contribution is -2.31. The lowest BCUT2D eigenvalue weighted by molar-refractivity contribution is 0.0947. The lowest BCUT2D eigenvalue weighted by Gasteiger charge is -2.11. The largest absolute Gasteiger partial charge is 0.351 e. The lowest BCUT2D eigenvalue weighted by atomic mass is 10.1. The van der Waals surface area contributed by atoms with Gasteiger partial charge in [0.25, 0.3) is 11.5 Å². The van der Waals surface area contributed by atoms with Gasteiger partial charge < -0.3 is 11.1 Å². The van der Waals surface area contributed by atoms with Gasteiger partial charge in [-0.3, -0.25) is 9.59 Å². The highest BCUT2D eigenvalue weighted by Crippen LogP contribution is 2.13. The Morgan fingerprint density at radius 1 is 1.16 bits per heavy atom. The number of hydrogen-bond acceptors (Lipinski definition) is 4. The molecule has 0 aliphatic rings. The summed E-state index contributed by atoms with van der Waals surface area (Å²) in [4.78, 5) is 25.0. The van der Waals surface area contributed by atoms with Crippen LogP contribution >= 0.6 is 12.4 Å². The summed E-state index contributed by atoms with van der Waals surface area (Å²) in [5.74, 6) is -0.243. The first-order chi connectivity index (χ1) is 11.7. The number of nitrogens with one attached hydrogen (secondary N) is 1. The number of hydrogen-bond donors (Lipinski definition) is 2. The third-order valence-electron chi connectivity index (χ3n) is 3.97. The van der Waals surface area contributed by atoms with E-state index in [1.165, 1.54) is 4.68 Å². The van der Waals surface area contributed by atoms with E-state index in [4.69, 9.17) is 5.73 Å². The molecule has 0 saturated carbocycles. The average Bonchev–Trinajstić information content (AvgIpc) is 2.61. The smallest absolute Gasteiger partial charge is 0.274 e. The van der Waals surface area contributed by atoms with Crippen LogP contribution in [0.15, 0.2) is 29.1 Å². The number of aryl methyl sites for hydroxylation is 1. The quantitative estimate of drug-likeness (QED) is 0.667. The molecule has 0 bridgehead atoms. The van der Waals surface area contributed by atoms with Gasteiger partial charge in [-0.15, -0.1) is 12.4 Å². The molecule has 6 nitrogen and oxygen atoms in total. The van der Waals surface area contributed by atoms with Gasteiger partial charge in [0.05, 0.1) is 5.39 Å². The number of carbonyl (C=O) groups is 1. The Bertz CT molecular complexity index is 745. The predicted octanol–water partition coefficient (Wildman–Crippen LogP) is 2.48. The van der Waals surface area contributed by atoms with Crippen LogP contribution in [-0.2, 0) is 6.54 Å². The van der Waals surface area contributed by atoms with Crippen LogP contribution in [0.5, 0.6) is 0 Å². The number of carbonyl (C=O) groups excluding carboxylic acids is 1. The number of fused-ring (bicyclic) bond motifs is 1. The average molecular weight is 367 g/mol. The molecule has 1 aromatic heterocycles. The maximum Gasteiger partial charge on any atom is 0.274 e. The van der Waals surface area contributed by atoms with Crippen LogP contribution in [0.25, 0.3) is 10.8 Å². The molecule has 0 spiro atoms. The van der Waals surface area contributed by atoms with Crippen molar-refractivity contribution in [1.29, 1.82) is 0 Å². The van der Waals surface area contributed by atoms with E-state index in [-0.39, 0.29) is 23.9 Å². The molecule has 0 radical (unpaired) electrons. The summed E-state index contributed by atoms with van der Waals surface area (Å²) >= 11 is 0. The number of aromatic nitrogens is 2. The normalized spacial score (nSPS) is 10.5. The second kappa shape index (κ2) is 10.8. The zero-order chi connectivity index (χ0) is 17.4. The van der Waals surface area contributed by atoms with Gasteiger partial charge in [0.15, 0.2) is 5.69 Å². The molecule has 1 aromatic carbocycles. The minimum Gasteiger partial charge on any atom is -0.351 e. The second-order valence-electron chi connectivity index (χ2n) is 5.88. The highest BCUT2D eigenvalue weighted by molar-refractivity contribution is 6.04. The minimum absolute atomic E-state index is 0. The molecule has 2 rings (SSSR count). The fourth-order valence-corrected chi connectivity index (χ4v) is 2.62. The van der Waals surface area contributed by atoms with Crippen molar-refractivity contribution in [3.63, 3.8) is 0 Å². The zero-order valence-electron chi connectivity index (χ0n) is 14.7. The maximum atomic E-state index is 12.6. The number of benzene rings is 1. The van der Waals surface area contributed by atoms with E-state index in [1.54, 1.807) is 12.1 Å². The van der Waals surface area contributed by atoms with Crippen LogP contribution in [0, 0.1) is 0 Å². The van der Waals surface area contributed by atoms with Crippen LogP contribution in [0.3, 0.4) is 0 Å². The van der Waals surface area contributed by atoms with Crippen molar-refractivity contribution >= 4 is 29.1 Å². The van der Waals surface area contributed by atoms with Crippen LogP contribution in [0.2, 0.25) is 0 Å². The molecular formula is C18H27ClN4O2. The molecule has 2 aromatic rings. The molecule has 1 heterocycles. The summed E-state index contributed by atoms with van der Waals surface area (Å²) in [7, 11) is 0. The van der Waals surface area contributed by atoms with Crippen LogP contribution in [-0.4, -0.2) is 28.8 Å². The zero-order valence-corrected chi connectivity index (χ0v) is 15.5. The predicted molar refractivity (Wildman–Crippen MR) is 103 cm³/mol. The molecule has 3 N–H and O–H groups in total. The van der Waals surface area contributed by atoms with Gasteiger partial charge in [0, 0.05) is 18.5 Å². The highest BCUT2D eigenvalue weighted by Gasteiger charge is 2.16. The molecule has 0 atom stereocenters. The third kappa shape index (κ3) is 5.54. The monoisotopic (exact) mass is 366 g/mol. The van der Waals surface area contributed by atoms with E-state index in [9.17, 15) is 9.59 Å². The Labute approximate surface area is 154 Å². The van der Waals surface area contributed by atoms with Crippen molar-refractivity contribution in [2.75, 3.05) is 13.1 Å². The van der Waals surface area contributed by atoms with E-state index in [0.29, 0.717) is 36.1 Å². The van der Waals surface area contributed by atoms with Gasteiger partial charge >= 0.3 is 0 Å². The number of rotatable bonds is 9. The Balaban J connectivity index is 0.00000312. The van der Waals surface area contributed by atoms with E-state index in [2.05, 4.69) is 17.3 Å². The molecular weight excluding hydrogens is 340 g/mol. The van der Waals surface area contributed by atoms with E-state index in [1.807, 2.05) is 12.1 Å². The Kier molecular flexibility index (Phi) is 9.16. The SMILES string of the molecule is CCCCCn1nc(C(=O)NCCCCN)c2ccccc2c1=O.Cl. The third-order valence-corrected chi connectivity index (χ3v) is 3.97. The van der Waals surface area contributed by atoms with Crippen molar-refractivity contribution in [3.8, 4) is 0 Å². The number of nitrogens with zero attached hydrogens (tertiary/aromatic N) is 2. The standard InChI is InChI=1S/C18H26N4O2.ClH/c1-2-3-8-13-22-18(24)15-10-5-4-9-14(15)16(21-22)17(23)20-12-7-6-11-19;/h4-5,9-10H,2-3,6-8,11-13,19H2,1H3,(H,20,23);1H. The molecule has 1 amide bonds. The van der Waals surface area contributed by atoms with Gasteiger partial charge in [-0.2, -0.15) is 5.10 Å². The second-order valence-corrected chi connectivity index (χ2v) is 5.88. The topological polar surface area (TPSA) is 90.0 Å². The Morgan fingerprint density at radius 3 is 2.56 bits per heavy atom. The number of amides is 1. The first-order valence-electron chi connectivity index (χ1n) is 8.67. The van der Waals surface area contributed by atoms with Gasteiger partial charge in [0.1, 0.15) is 0 Å². The molecule has 0 saturated heterocycles. The van der Waals surface area contributed by atoms with Gasteiger partial charge in [-0.05, 0) is 31.9 Å². The number of halogens is 1. The molecule has 0 fully saturated rings. The molecule has 7 heteroatoms. The maximum absolute atomic E-state index is 12.6. The fraction of sp³-hybridized carbons (Fsp3) is 0.500. The van der Waals surface area contributed by atoms with Crippen molar-refractivity contribution in [2.24, 2.45) is 5.73 Å². The molecule has 0 aliphatic heterocycles. The van der Waals surface area contributed by atoms with Gasteiger partial charge in [-0.1, -0.05) is 38.0 Å². The highest BCUT2D eigenvalue weighted by atomic mass is 35.5. The molecule has 0 aliphatic carbocycles. The van der Waals surface area contributed by atoms with Gasteiger partial charge in [0.2, 0.25) is 0 Å². The van der Waals surface area contributed by atoms with Crippen molar-refractivity contribution < 1.29 is 4.79 Å². The van der Waals surface area contributed by atoms with Crippen molar-refractivity contribution in [3.05, 3.63) is 40.3 Å². The summed E-state index contributed by atoms with van der Waals surface area (Å²) in [5.41, 5.74) is 5.64. The summed E-state index contributed by atoms with van der Waals surface area (Å²) in [6.07, 6.45) is 4.67. The first kappa shape index (κ1) is 21.1. The van der Waals surface area contributed by atoms with Crippen LogP contribution in [0.1, 0.15) is 49.5 Å². The molecule has 25 heavy (non-hydrogen) atoms. The first-order valence-corrected chi connectivity index (χ1v) is 8.67. The van der Waals surface area contributed by atoms with E-state index in [0.717, 1.165) is 32.1 Å². The summed E-state index contributed by atoms with van der Waals surface area (Å²) < 4.78 is 1.42. The van der Waals surface area contributed by atoms with Gasteiger partial charge in [-0.25, -0.2) is 4.68 Å². The summed E-state index contributed by atoms with van der Waals surface area (Å²) in [6.45, 7) is 3.81. The summed E-state index contributed by atoms with van der Waals surface area (Å²) in [5, 5.41) is 8.35. The summed E-state index contributed by atoms with van der Waals surface area (Å²) in [6, 6.07) is 7.15.